The molecule has 278 valence electrons. The lowest BCUT2D eigenvalue weighted by atomic mass is 10.0. The second kappa shape index (κ2) is 14.4. The van der Waals surface area contributed by atoms with Crippen LogP contribution >= 0.6 is 0 Å². The Morgan fingerprint density at radius 3 is 1.64 bits per heavy atom. The molecule has 59 heavy (non-hydrogen) atoms. The summed E-state index contributed by atoms with van der Waals surface area (Å²) in [5.74, 6) is 0.641. The molecule has 11 rings (SSSR count). The van der Waals surface area contributed by atoms with E-state index >= 15 is 0 Å². The molecule has 4 aromatic heterocycles. The second-order valence-electron chi connectivity index (χ2n) is 14.5. The van der Waals surface area contributed by atoms with Gasteiger partial charge in [0.25, 0.3) is 0 Å². The number of nitrogens with zero attached hydrogens (tertiary/aromatic N) is 7. The predicted molar refractivity (Wildman–Crippen MR) is 240 cm³/mol. The average molecular weight is 758 g/mol. The summed E-state index contributed by atoms with van der Waals surface area (Å²) in [5.41, 5.74) is 14.3. The Bertz CT molecular complexity index is 3130. The van der Waals surface area contributed by atoms with Crippen LogP contribution < -0.4 is 4.90 Å². The van der Waals surface area contributed by atoms with Crippen LogP contribution in [0.5, 0.6) is 0 Å². The summed E-state index contributed by atoms with van der Waals surface area (Å²) in [6.07, 6.45) is 8.91. The summed E-state index contributed by atoms with van der Waals surface area (Å²) in [6.45, 7) is 0. The van der Waals surface area contributed by atoms with Crippen molar-refractivity contribution in [2.24, 2.45) is 0 Å². The Balaban J connectivity index is 1.00. The van der Waals surface area contributed by atoms with Crippen LogP contribution in [0.1, 0.15) is 0 Å². The first-order chi connectivity index (χ1) is 29.2. The molecule has 0 atom stereocenters. The van der Waals surface area contributed by atoms with Gasteiger partial charge in [-0.15, -0.1) is 0 Å². The van der Waals surface area contributed by atoms with E-state index in [-0.39, 0.29) is 0 Å². The minimum atomic E-state index is 0.641. The number of pyridine rings is 1. The number of fused-ring (bicyclic) bond motifs is 4. The zero-order valence-electron chi connectivity index (χ0n) is 31.8. The smallest absolute Gasteiger partial charge is 0.162 e. The maximum atomic E-state index is 4.35. The second-order valence-corrected chi connectivity index (χ2v) is 14.5. The monoisotopic (exact) mass is 757 g/mol. The summed E-state index contributed by atoms with van der Waals surface area (Å²) in [5, 5.41) is 3.65. The molecule has 0 saturated carbocycles. The lowest BCUT2D eigenvalue weighted by Gasteiger charge is -2.26. The van der Waals surface area contributed by atoms with E-state index in [4.69, 9.17) is 0 Å². The van der Waals surface area contributed by atoms with Gasteiger partial charge < -0.3 is 14.0 Å². The Morgan fingerprint density at radius 1 is 0.407 bits per heavy atom. The average Bonchev–Trinajstić information content (AvgIpc) is 3.88. The summed E-state index contributed by atoms with van der Waals surface area (Å²) >= 11 is 0. The number of anilines is 3. The third-order valence-electron chi connectivity index (χ3n) is 11.1. The molecule has 4 heterocycles. The van der Waals surface area contributed by atoms with Crippen molar-refractivity contribution in [1.82, 2.24) is 29.1 Å². The van der Waals surface area contributed by atoms with Crippen LogP contribution in [-0.2, 0) is 0 Å². The van der Waals surface area contributed by atoms with Gasteiger partial charge >= 0.3 is 0 Å². The molecule has 0 amide bonds. The molecule has 0 spiro atoms. The normalized spacial score (nSPS) is 11.4. The highest BCUT2D eigenvalue weighted by Gasteiger charge is 2.18. The van der Waals surface area contributed by atoms with Gasteiger partial charge in [-0.25, -0.2) is 15.0 Å². The minimum absolute atomic E-state index is 0.641. The van der Waals surface area contributed by atoms with Gasteiger partial charge in [0.2, 0.25) is 0 Å². The van der Waals surface area contributed by atoms with E-state index in [1.54, 1.807) is 6.20 Å². The molecule has 7 nitrogen and oxygen atoms in total. The zero-order chi connectivity index (χ0) is 39.1. The standard InChI is InChI=1S/C52H35N7/c1-3-9-42(10-4-1)57-29-27-40-31-48-47-30-39(19-26-49(47)59(51(48)32-50(40)57)43-11-5-2-6-12-43)36-13-20-44(21-14-36)58(45-22-15-37(16-23-45)41-8-7-28-53-33-41)46-24-17-38(18-25-46)52-55-34-54-35-56-52/h1-35H. The molecular formula is C52H35N7. The molecular weight excluding hydrogens is 723 g/mol. The van der Waals surface area contributed by atoms with Crippen LogP contribution in [0.25, 0.3) is 77.7 Å². The highest BCUT2D eigenvalue weighted by molar-refractivity contribution is 6.14. The molecule has 0 saturated heterocycles. The van der Waals surface area contributed by atoms with Crippen LogP contribution in [0.2, 0.25) is 0 Å². The van der Waals surface area contributed by atoms with Gasteiger partial charge in [-0.1, -0.05) is 72.8 Å². The van der Waals surface area contributed by atoms with Gasteiger partial charge in [0.15, 0.2) is 5.82 Å². The van der Waals surface area contributed by atoms with E-state index in [9.17, 15) is 0 Å². The van der Waals surface area contributed by atoms with Crippen molar-refractivity contribution in [3.8, 4) is 45.0 Å². The molecule has 7 heteroatoms. The van der Waals surface area contributed by atoms with Gasteiger partial charge in [0, 0.05) is 68.7 Å². The first kappa shape index (κ1) is 34.1. The third kappa shape index (κ3) is 6.18. The van der Waals surface area contributed by atoms with E-state index in [0.717, 1.165) is 56.3 Å². The van der Waals surface area contributed by atoms with Crippen molar-refractivity contribution >= 4 is 49.8 Å². The van der Waals surface area contributed by atoms with Gasteiger partial charge in [-0.3, -0.25) is 4.98 Å². The van der Waals surface area contributed by atoms with Gasteiger partial charge in [-0.2, -0.15) is 0 Å². The Morgan fingerprint density at radius 2 is 1.00 bits per heavy atom. The molecule has 11 aromatic rings. The van der Waals surface area contributed by atoms with Crippen LogP contribution in [0, 0.1) is 0 Å². The van der Waals surface area contributed by atoms with Crippen LogP contribution in [0.15, 0.2) is 213 Å². The summed E-state index contributed by atoms with van der Waals surface area (Å²) < 4.78 is 4.67. The van der Waals surface area contributed by atoms with E-state index in [2.05, 4.69) is 216 Å². The molecule has 0 radical (unpaired) electrons. The molecule has 0 N–H and O–H groups in total. The van der Waals surface area contributed by atoms with E-state index in [1.165, 1.54) is 45.4 Å². The van der Waals surface area contributed by atoms with E-state index < -0.39 is 0 Å². The Kier molecular flexibility index (Phi) is 8.33. The number of hydrogen-bond acceptors (Lipinski definition) is 5. The number of hydrogen-bond donors (Lipinski definition) is 0. The molecule has 0 unspecified atom stereocenters. The fourth-order valence-electron chi connectivity index (χ4n) is 8.23. The molecule has 0 bridgehead atoms. The van der Waals surface area contributed by atoms with Gasteiger partial charge in [0.05, 0.1) is 16.6 Å². The van der Waals surface area contributed by atoms with Crippen LogP contribution in [0.3, 0.4) is 0 Å². The largest absolute Gasteiger partial charge is 0.316 e. The minimum Gasteiger partial charge on any atom is -0.316 e. The molecule has 7 aromatic carbocycles. The highest BCUT2D eigenvalue weighted by atomic mass is 15.1. The van der Waals surface area contributed by atoms with Crippen LogP contribution in [-0.4, -0.2) is 29.1 Å². The topological polar surface area (TPSA) is 64.7 Å². The van der Waals surface area contributed by atoms with Crippen molar-refractivity contribution in [3.63, 3.8) is 0 Å². The number of para-hydroxylation sites is 2. The van der Waals surface area contributed by atoms with Gasteiger partial charge in [0.1, 0.15) is 12.7 Å². The quantitative estimate of drug-likeness (QED) is 0.154. The van der Waals surface area contributed by atoms with Crippen molar-refractivity contribution in [1.29, 1.82) is 0 Å². The first-order valence-corrected chi connectivity index (χ1v) is 19.6. The predicted octanol–water partition coefficient (Wildman–Crippen LogP) is 12.8. The highest BCUT2D eigenvalue weighted by Crippen LogP contribution is 2.40. The number of benzene rings is 7. The summed E-state index contributed by atoms with van der Waals surface area (Å²) in [7, 11) is 0. The molecule has 0 aliphatic carbocycles. The molecule has 0 fully saturated rings. The zero-order valence-corrected chi connectivity index (χ0v) is 31.8. The first-order valence-electron chi connectivity index (χ1n) is 19.6. The fraction of sp³-hybridized carbons (Fsp3) is 0. The van der Waals surface area contributed by atoms with Crippen molar-refractivity contribution in [2.75, 3.05) is 4.90 Å². The molecule has 0 aliphatic rings. The fourth-order valence-corrected chi connectivity index (χ4v) is 8.23. The van der Waals surface area contributed by atoms with Crippen molar-refractivity contribution in [3.05, 3.63) is 213 Å². The lowest BCUT2D eigenvalue weighted by molar-refractivity contribution is 1.06. The lowest BCUT2D eigenvalue weighted by Crippen LogP contribution is -2.09. The Labute approximate surface area is 340 Å². The summed E-state index contributed by atoms with van der Waals surface area (Å²) in [4.78, 5) is 19.3. The SMILES string of the molecule is c1ccc(-n2ccc3cc4c5cc(-c6ccc(N(c7ccc(-c8cccnc8)cc7)c7ccc(-c8ncncn8)cc7)cc6)ccc5n(-c5ccccc5)c4cc32)cc1. The maximum Gasteiger partial charge on any atom is 0.162 e. The van der Waals surface area contributed by atoms with E-state index in [1.807, 2.05) is 12.3 Å². The van der Waals surface area contributed by atoms with Crippen molar-refractivity contribution in [2.45, 2.75) is 0 Å². The maximum absolute atomic E-state index is 4.35. The molecule has 0 aliphatic heterocycles. The van der Waals surface area contributed by atoms with E-state index in [0.29, 0.717) is 5.82 Å². The Hall–Kier alpha value is -8.16. The number of aromatic nitrogens is 6. The number of rotatable bonds is 8. The summed E-state index contributed by atoms with van der Waals surface area (Å²) in [6, 6.07) is 64.9. The third-order valence-corrected chi connectivity index (χ3v) is 11.1. The van der Waals surface area contributed by atoms with Gasteiger partial charge in [-0.05, 0) is 131 Å². The van der Waals surface area contributed by atoms with Crippen molar-refractivity contribution < 1.29 is 0 Å². The van der Waals surface area contributed by atoms with Crippen LogP contribution in [0.4, 0.5) is 17.1 Å².